The SMILES string of the molecule is COCC(CCO)c1cc2ccc3c(c2oc1=O)C1OC(=O)CC2CC(c4cccc(Cc5ccccc5)c4)CCC2c2ccc(cc2)CCC(=C(C)CO)C(=O)OC1C(C)(C1CCCCC1)O3. The van der Waals surface area contributed by atoms with E-state index in [-0.39, 0.29) is 55.5 Å². The summed E-state index contributed by atoms with van der Waals surface area (Å²) in [5, 5.41) is 20.9. The molecule has 0 spiro atoms. The Labute approximate surface area is 399 Å². The number of esters is 2. The molecule has 4 aromatic carbocycles. The lowest BCUT2D eigenvalue weighted by atomic mass is 9.68. The predicted molar refractivity (Wildman–Crippen MR) is 261 cm³/mol. The molecule has 7 unspecified atom stereocenters. The number of hydrogen-bond acceptors (Lipinski definition) is 10. The number of hydrogen-bond donors (Lipinski definition) is 2. The molecule has 68 heavy (non-hydrogen) atoms. The first kappa shape index (κ1) is 47.5. The summed E-state index contributed by atoms with van der Waals surface area (Å²) in [5.74, 6) is -0.862. The van der Waals surface area contributed by atoms with Crippen molar-refractivity contribution in [1.29, 1.82) is 0 Å². The molecule has 2 N–H and O–H groups in total. The summed E-state index contributed by atoms with van der Waals surface area (Å²) >= 11 is 0. The minimum absolute atomic E-state index is 0.0576. The van der Waals surface area contributed by atoms with Crippen LogP contribution in [0.15, 0.2) is 117 Å². The van der Waals surface area contributed by atoms with Crippen molar-refractivity contribution in [3.05, 3.63) is 158 Å². The van der Waals surface area contributed by atoms with Crippen LogP contribution in [0.4, 0.5) is 0 Å². The summed E-state index contributed by atoms with van der Waals surface area (Å²) in [4.78, 5) is 44.0. The smallest absolute Gasteiger partial charge is 0.339 e. The minimum Gasteiger partial charge on any atom is -0.483 e. The van der Waals surface area contributed by atoms with Crippen LogP contribution in [-0.2, 0) is 36.6 Å². The Bertz CT molecular complexity index is 2660. The molecule has 0 radical (unpaired) electrons. The van der Waals surface area contributed by atoms with Gasteiger partial charge < -0.3 is 33.6 Å². The third-order valence-electron chi connectivity index (χ3n) is 15.7. The summed E-state index contributed by atoms with van der Waals surface area (Å²) in [5.41, 5.74) is 6.02. The highest BCUT2D eigenvalue weighted by Crippen LogP contribution is 2.53. The van der Waals surface area contributed by atoms with Crippen molar-refractivity contribution in [2.75, 3.05) is 26.9 Å². The van der Waals surface area contributed by atoms with Gasteiger partial charge in [-0.3, -0.25) is 4.79 Å². The van der Waals surface area contributed by atoms with Crippen molar-refractivity contribution in [3.8, 4) is 5.75 Å². The molecule has 2 saturated carbocycles. The van der Waals surface area contributed by atoms with Gasteiger partial charge in [0.1, 0.15) is 16.9 Å². The molecule has 2 bridgehead atoms. The highest BCUT2D eigenvalue weighted by Gasteiger charge is 2.56. The van der Waals surface area contributed by atoms with Crippen molar-refractivity contribution >= 4 is 22.9 Å². The summed E-state index contributed by atoms with van der Waals surface area (Å²) in [7, 11) is 1.55. The van der Waals surface area contributed by atoms with E-state index < -0.39 is 41.3 Å². The third-order valence-corrected chi connectivity index (χ3v) is 15.7. The molecule has 2 fully saturated rings. The molecule has 358 valence electrons. The Kier molecular flexibility index (Phi) is 14.7. The van der Waals surface area contributed by atoms with Gasteiger partial charge in [-0.1, -0.05) is 98.1 Å². The van der Waals surface area contributed by atoms with Gasteiger partial charge in [-0.25, -0.2) is 9.59 Å². The molecule has 10 rings (SSSR count). The van der Waals surface area contributed by atoms with E-state index in [1.54, 1.807) is 20.1 Å². The average Bonchev–Trinajstić information content (AvgIpc) is 3.35. The Morgan fingerprint density at radius 1 is 0.824 bits per heavy atom. The quantitative estimate of drug-likeness (QED) is 0.0790. The van der Waals surface area contributed by atoms with Gasteiger partial charge in [-0.15, -0.1) is 0 Å². The number of carbonyl (C=O) groups excluding carboxylic acids is 2. The highest BCUT2D eigenvalue weighted by molar-refractivity contribution is 5.90. The first-order valence-electron chi connectivity index (χ1n) is 24.9. The Hall–Kier alpha value is -5.55. The number of aryl methyl sites for hydroxylation is 1. The minimum atomic E-state index is -1.21. The van der Waals surface area contributed by atoms with E-state index in [1.807, 2.05) is 25.1 Å². The summed E-state index contributed by atoms with van der Waals surface area (Å²) in [6.45, 7) is 3.44. The number of carbonyl (C=O) groups is 2. The molecule has 5 aliphatic rings. The Morgan fingerprint density at radius 3 is 2.35 bits per heavy atom. The maximum Gasteiger partial charge on any atom is 0.339 e. The number of aliphatic hydroxyl groups is 2. The summed E-state index contributed by atoms with van der Waals surface area (Å²) < 4.78 is 32.4. The van der Waals surface area contributed by atoms with Crippen molar-refractivity contribution in [1.82, 2.24) is 0 Å². The van der Waals surface area contributed by atoms with Gasteiger partial charge in [0.15, 0.2) is 12.2 Å². The lowest BCUT2D eigenvalue weighted by molar-refractivity contribution is -0.201. The van der Waals surface area contributed by atoms with Crippen LogP contribution in [0.25, 0.3) is 11.0 Å². The third kappa shape index (κ3) is 9.96. The molecule has 5 aromatic rings. The number of rotatable bonds is 10. The molecule has 3 aliphatic heterocycles. The second-order valence-electron chi connectivity index (χ2n) is 20.1. The molecule has 10 heteroatoms. The molecular weight excluding hydrogens is 857 g/mol. The Morgan fingerprint density at radius 2 is 1.60 bits per heavy atom. The van der Waals surface area contributed by atoms with Crippen LogP contribution in [0.2, 0.25) is 0 Å². The number of ether oxygens (including phenoxy) is 4. The molecule has 4 heterocycles. The van der Waals surface area contributed by atoms with Crippen molar-refractivity contribution in [2.45, 2.75) is 133 Å². The van der Waals surface area contributed by atoms with Crippen LogP contribution in [0, 0.1) is 11.8 Å². The standard InChI is InChI=1S/C58H66O10/c1-36(34-60)47-24-19-37-17-20-40(21-18-37)48-25-22-42(41-14-10-13-39(30-41)29-38-11-6-4-7-12-38)31-45(48)33-51(61)65-54-52-50(68-58(2,55(54)67-56(47)62)46-15-8-5-9-16-46)26-23-43-32-49(57(63)66-53(43)52)44(27-28-59)35-64-3/h4,6-7,10-14,17-18,20-21,23,26,30,32,42,44-46,48,54-55,59-60H,5,8-9,15-16,19,22,24-25,27-29,31,33-35H2,1-3H3. The molecule has 1 aromatic heterocycles. The van der Waals surface area contributed by atoms with Crippen LogP contribution in [0.1, 0.15) is 147 Å². The maximum atomic E-state index is 15.2. The van der Waals surface area contributed by atoms with E-state index in [4.69, 9.17) is 23.4 Å². The fourth-order valence-corrected chi connectivity index (χ4v) is 12.0. The van der Waals surface area contributed by atoms with Gasteiger partial charge in [0.2, 0.25) is 0 Å². The zero-order chi connectivity index (χ0) is 47.4. The number of aliphatic hydroxyl groups excluding tert-OH is 2. The first-order chi connectivity index (χ1) is 33.1. The van der Waals surface area contributed by atoms with Crippen molar-refractivity contribution in [2.24, 2.45) is 11.8 Å². The zero-order valence-corrected chi connectivity index (χ0v) is 39.8. The van der Waals surface area contributed by atoms with Crippen molar-refractivity contribution in [3.63, 3.8) is 0 Å². The van der Waals surface area contributed by atoms with Gasteiger partial charge in [0.05, 0.1) is 18.8 Å². The lowest BCUT2D eigenvalue weighted by Crippen LogP contribution is -2.58. The molecule has 0 amide bonds. The average molecular weight is 923 g/mol. The highest BCUT2D eigenvalue weighted by atomic mass is 16.6. The van der Waals surface area contributed by atoms with Crippen LogP contribution in [0.5, 0.6) is 5.75 Å². The fraction of sp³-hybridized carbons (Fsp3) is 0.466. The summed E-state index contributed by atoms with van der Waals surface area (Å²) in [6.07, 6.45) is 7.11. The van der Waals surface area contributed by atoms with E-state index in [2.05, 4.69) is 72.8 Å². The fourth-order valence-electron chi connectivity index (χ4n) is 12.0. The monoisotopic (exact) mass is 922 g/mol. The maximum absolute atomic E-state index is 15.2. The molecular formula is C58H66O10. The van der Waals surface area contributed by atoms with Crippen LogP contribution < -0.4 is 10.4 Å². The number of fused-ring (bicyclic) bond motifs is 11. The van der Waals surface area contributed by atoms with E-state index in [1.165, 1.54) is 22.3 Å². The molecule has 10 nitrogen and oxygen atoms in total. The number of methoxy groups -OCH3 is 1. The molecule has 7 atom stereocenters. The second-order valence-corrected chi connectivity index (χ2v) is 20.1. The normalized spacial score (nSPS) is 25.9. The largest absolute Gasteiger partial charge is 0.483 e. The van der Waals surface area contributed by atoms with Gasteiger partial charge in [-0.05, 0) is 141 Å². The zero-order valence-electron chi connectivity index (χ0n) is 39.8. The van der Waals surface area contributed by atoms with Crippen molar-refractivity contribution < 1.29 is 43.2 Å². The second kappa shape index (κ2) is 21.0. The topological polar surface area (TPSA) is 142 Å². The lowest BCUT2D eigenvalue weighted by Gasteiger charge is -2.50. The van der Waals surface area contributed by atoms with E-state index in [9.17, 15) is 19.8 Å². The van der Waals surface area contributed by atoms with E-state index >= 15 is 4.79 Å². The van der Waals surface area contributed by atoms with Gasteiger partial charge in [0, 0.05) is 48.5 Å². The van der Waals surface area contributed by atoms with Gasteiger partial charge in [-0.2, -0.15) is 0 Å². The summed E-state index contributed by atoms with van der Waals surface area (Å²) in [6, 6.07) is 33.4. The van der Waals surface area contributed by atoms with Crippen LogP contribution in [-0.4, -0.2) is 60.8 Å². The first-order valence-corrected chi connectivity index (χ1v) is 24.9. The molecule has 2 aliphatic carbocycles. The van der Waals surface area contributed by atoms with E-state index in [0.29, 0.717) is 52.7 Å². The van der Waals surface area contributed by atoms with Crippen LogP contribution >= 0.6 is 0 Å². The Balaban J connectivity index is 1.15. The van der Waals surface area contributed by atoms with Gasteiger partial charge in [0.25, 0.3) is 0 Å². The number of benzene rings is 4. The van der Waals surface area contributed by atoms with Gasteiger partial charge >= 0.3 is 17.6 Å². The van der Waals surface area contributed by atoms with E-state index in [0.717, 1.165) is 63.4 Å². The predicted octanol–water partition coefficient (Wildman–Crippen LogP) is 10.7. The molecule has 0 saturated heterocycles. The van der Waals surface area contributed by atoms with Crippen LogP contribution in [0.3, 0.4) is 0 Å².